The zero-order valence-electron chi connectivity index (χ0n) is 13.8. The summed E-state index contributed by atoms with van der Waals surface area (Å²) in [6.07, 6.45) is 0. The normalized spacial score (nSPS) is 17.6. The molecule has 1 aliphatic rings. The van der Waals surface area contributed by atoms with Gasteiger partial charge in [0.15, 0.2) is 0 Å². The predicted molar refractivity (Wildman–Crippen MR) is 91.4 cm³/mol. The zero-order valence-corrected chi connectivity index (χ0v) is 13.8. The van der Waals surface area contributed by atoms with Gasteiger partial charge in [-0.05, 0) is 36.8 Å². The Labute approximate surface area is 140 Å². The number of H-pyrrole nitrogens is 1. The van der Waals surface area contributed by atoms with Crippen LogP contribution in [0.15, 0.2) is 41.2 Å². The van der Waals surface area contributed by atoms with Gasteiger partial charge in [0.1, 0.15) is 11.3 Å². The van der Waals surface area contributed by atoms with Crippen molar-refractivity contribution >= 4 is 5.91 Å². The molecule has 1 aromatic carbocycles. The number of benzene rings is 1. The summed E-state index contributed by atoms with van der Waals surface area (Å²) < 4.78 is 5.19. The number of aromatic amines is 1. The van der Waals surface area contributed by atoms with Crippen LogP contribution in [0.25, 0.3) is 0 Å². The van der Waals surface area contributed by atoms with E-state index in [1.807, 2.05) is 24.3 Å². The molecule has 3 rings (SSSR count). The number of piperazine rings is 1. The second-order valence-electron chi connectivity index (χ2n) is 5.88. The topological polar surface area (TPSA) is 74.4 Å². The van der Waals surface area contributed by atoms with Crippen LogP contribution in [0, 0.1) is 6.92 Å². The van der Waals surface area contributed by atoms with Crippen LogP contribution < -0.4 is 15.6 Å². The fourth-order valence-electron chi connectivity index (χ4n) is 2.97. The summed E-state index contributed by atoms with van der Waals surface area (Å²) in [6, 6.07) is 10.9. The van der Waals surface area contributed by atoms with Crippen LogP contribution >= 0.6 is 0 Å². The number of hydrogen-bond acceptors (Lipinski definition) is 4. The lowest BCUT2D eigenvalue weighted by Crippen LogP contribution is -2.49. The van der Waals surface area contributed by atoms with Crippen molar-refractivity contribution in [2.24, 2.45) is 0 Å². The molecule has 0 aliphatic carbocycles. The summed E-state index contributed by atoms with van der Waals surface area (Å²) in [5.41, 5.74) is 1.59. The summed E-state index contributed by atoms with van der Waals surface area (Å²) in [4.78, 5) is 29.5. The van der Waals surface area contributed by atoms with Crippen molar-refractivity contribution in [1.82, 2.24) is 15.2 Å². The Balaban J connectivity index is 1.91. The summed E-state index contributed by atoms with van der Waals surface area (Å²) in [5.74, 6) is 0.536. The highest BCUT2D eigenvalue weighted by atomic mass is 16.5. The van der Waals surface area contributed by atoms with Crippen LogP contribution in [0.1, 0.15) is 27.7 Å². The average molecular weight is 327 g/mol. The largest absolute Gasteiger partial charge is 0.497 e. The monoisotopic (exact) mass is 327 g/mol. The molecule has 0 bridgehead atoms. The summed E-state index contributed by atoms with van der Waals surface area (Å²) in [7, 11) is 1.62. The number of methoxy groups -OCH3 is 1. The zero-order chi connectivity index (χ0) is 17.1. The quantitative estimate of drug-likeness (QED) is 0.895. The Kier molecular flexibility index (Phi) is 4.66. The van der Waals surface area contributed by atoms with Crippen LogP contribution in [-0.4, -0.2) is 42.5 Å². The van der Waals surface area contributed by atoms with Crippen molar-refractivity contribution in [2.45, 2.75) is 13.0 Å². The van der Waals surface area contributed by atoms with Gasteiger partial charge in [0.25, 0.3) is 11.5 Å². The number of aryl methyl sites for hydroxylation is 1. The maximum atomic E-state index is 12.9. The minimum absolute atomic E-state index is 0.113. The second kappa shape index (κ2) is 6.88. The van der Waals surface area contributed by atoms with Crippen molar-refractivity contribution in [3.8, 4) is 5.75 Å². The molecule has 1 saturated heterocycles. The first-order valence-electron chi connectivity index (χ1n) is 7.95. The molecule has 2 N–H and O–H groups in total. The van der Waals surface area contributed by atoms with E-state index in [0.29, 0.717) is 19.6 Å². The third-order valence-corrected chi connectivity index (χ3v) is 4.29. The van der Waals surface area contributed by atoms with Gasteiger partial charge in [-0.1, -0.05) is 12.1 Å². The SMILES string of the molecule is COc1ccc(C2CNCCN2C(=O)c2ccc(C)[nH]c2=O)cc1. The van der Waals surface area contributed by atoms with E-state index in [2.05, 4.69) is 10.3 Å². The molecule has 2 heterocycles. The highest BCUT2D eigenvalue weighted by molar-refractivity contribution is 5.94. The molecule has 1 fully saturated rings. The van der Waals surface area contributed by atoms with Crippen LogP contribution in [0.3, 0.4) is 0 Å². The number of amides is 1. The first-order valence-corrected chi connectivity index (χ1v) is 7.95. The lowest BCUT2D eigenvalue weighted by molar-refractivity contribution is 0.0632. The Morgan fingerprint density at radius 1 is 1.21 bits per heavy atom. The molecule has 1 atom stereocenters. The van der Waals surface area contributed by atoms with Gasteiger partial charge < -0.3 is 19.9 Å². The van der Waals surface area contributed by atoms with E-state index in [9.17, 15) is 9.59 Å². The minimum atomic E-state index is -0.341. The van der Waals surface area contributed by atoms with Gasteiger partial charge >= 0.3 is 0 Å². The molecule has 126 valence electrons. The molecular weight excluding hydrogens is 306 g/mol. The van der Waals surface area contributed by atoms with Crippen molar-refractivity contribution in [3.63, 3.8) is 0 Å². The first kappa shape index (κ1) is 16.3. The van der Waals surface area contributed by atoms with Crippen LogP contribution in [0.2, 0.25) is 0 Å². The molecule has 24 heavy (non-hydrogen) atoms. The third-order valence-electron chi connectivity index (χ3n) is 4.29. The minimum Gasteiger partial charge on any atom is -0.497 e. The fraction of sp³-hybridized carbons (Fsp3) is 0.333. The lowest BCUT2D eigenvalue weighted by Gasteiger charge is -2.36. The summed E-state index contributed by atoms with van der Waals surface area (Å²) in [6.45, 7) is 3.72. The maximum absolute atomic E-state index is 12.9. The van der Waals surface area contributed by atoms with Crippen LogP contribution in [-0.2, 0) is 0 Å². The molecule has 1 aromatic heterocycles. The number of aromatic nitrogens is 1. The van der Waals surface area contributed by atoms with E-state index in [-0.39, 0.29) is 23.1 Å². The Hall–Kier alpha value is -2.60. The van der Waals surface area contributed by atoms with E-state index >= 15 is 0 Å². The van der Waals surface area contributed by atoms with Gasteiger partial charge in [-0.2, -0.15) is 0 Å². The van der Waals surface area contributed by atoms with E-state index in [1.165, 1.54) is 0 Å². The van der Waals surface area contributed by atoms with E-state index in [1.54, 1.807) is 31.1 Å². The first-order chi connectivity index (χ1) is 11.6. The Morgan fingerprint density at radius 2 is 1.96 bits per heavy atom. The van der Waals surface area contributed by atoms with E-state index in [4.69, 9.17) is 4.74 Å². The van der Waals surface area contributed by atoms with Gasteiger partial charge in [0.2, 0.25) is 0 Å². The standard InChI is InChI=1S/C18H21N3O3/c1-12-3-8-15(17(22)20-12)18(23)21-10-9-19-11-16(21)13-4-6-14(24-2)7-5-13/h3-8,16,19H,9-11H2,1-2H3,(H,20,22). The van der Waals surface area contributed by atoms with Gasteiger partial charge in [-0.3, -0.25) is 9.59 Å². The van der Waals surface area contributed by atoms with Gasteiger partial charge in [0, 0.05) is 25.3 Å². The molecule has 0 spiro atoms. The van der Waals surface area contributed by atoms with Gasteiger partial charge in [-0.25, -0.2) is 0 Å². The number of nitrogens with one attached hydrogen (secondary N) is 2. The number of nitrogens with zero attached hydrogens (tertiary/aromatic N) is 1. The highest BCUT2D eigenvalue weighted by Gasteiger charge is 2.29. The number of carbonyl (C=O) groups is 1. The number of rotatable bonds is 3. The molecule has 0 saturated carbocycles. The van der Waals surface area contributed by atoms with Gasteiger partial charge in [0.05, 0.1) is 13.2 Å². The number of hydrogen-bond donors (Lipinski definition) is 2. The number of carbonyl (C=O) groups excluding carboxylic acids is 1. The van der Waals surface area contributed by atoms with Gasteiger partial charge in [-0.15, -0.1) is 0 Å². The van der Waals surface area contributed by atoms with Crippen molar-refractivity contribution in [1.29, 1.82) is 0 Å². The molecular formula is C18H21N3O3. The number of ether oxygens (including phenoxy) is 1. The lowest BCUT2D eigenvalue weighted by atomic mass is 10.0. The number of pyridine rings is 1. The van der Waals surface area contributed by atoms with Crippen molar-refractivity contribution in [2.75, 3.05) is 26.7 Å². The average Bonchev–Trinajstić information content (AvgIpc) is 2.61. The molecule has 0 radical (unpaired) electrons. The fourth-order valence-corrected chi connectivity index (χ4v) is 2.97. The van der Waals surface area contributed by atoms with E-state index in [0.717, 1.165) is 17.0 Å². The Bertz CT molecular complexity index is 783. The molecule has 1 amide bonds. The Morgan fingerprint density at radius 3 is 2.62 bits per heavy atom. The smallest absolute Gasteiger partial charge is 0.260 e. The molecule has 2 aromatic rings. The van der Waals surface area contributed by atoms with E-state index < -0.39 is 0 Å². The summed E-state index contributed by atoms with van der Waals surface area (Å²) in [5, 5.41) is 3.31. The highest BCUT2D eigenvalue weighted by Crippen LogP contribution is 2.25. The van der Waals surface area contributed by atoms with Crippen molar-refractivity contribution < 1.29 is 9.53 Å². The summed E-state index contributed by atoms with van der Waals surface area (Å²) >= 11 is 0. The molecule has 6 nitrogen and oxygen atoms in total. The molecule has 6 heteroatoms. The van der Waals surface area contributed by atoms with Crippen LogP contribution in [0.4, 0.5) is 0 Å². The third kappa shape index (κ3) is 3.19. The van der Waals surface area contributed by atoms with Crippen LogP contribution in [0.5, 0.6) is 5.75 Å². The predicted octanol–water partition coefficient (Wildman–Crippen LogP) is 1.48. The molecule has 1 aliphatic heterocycles. The molecule has 1 unspecified atom stereocenters. The van der Waals surface area contributed by atoms with Crippen molar-refractivity contribution in [3.05, 3.63) is 63.6 Å². The second-order valence-corrected chi connectivity index (χ2v) is 5.88. The maximum Gasteiger partial charge on any atom is 0.260 e.